The number of anilines is 2. The summed E-state index contributed by atoms with van der Waals surface area (Å²) >= 11 is 0. The van der Waals surface area contributed by atoms with Gasteiger partial charge in [0.25, 0.3) is 0 Å². The number of fused-ring (bicyclic) bond motifs is 1. The van der Waals surface area contributed by atoms with Gasteiger partial charge in [0, 0.05) is 51.1 Å². The normalized spacial score (nSPS) is 18.7. The molecule has 1 saturated heterocycles. The lowest BCUT2D eigenvalue weighted by Gasteiger charge is -2.28. The highest BCUT2D eigenvalue weighted by Gasteiger charge is 2.24. The Morgan fingerprint density at radius 3 is 2.75 bits per heavy atom. The molecule has 0 spiro atoms. The molecule has 0 unspecified atom stereocenters. The van der Waals surface area contributed by atoms with E-state index in [4.69, 9.17) is 0 Å². The van der Waals surface area contributed by atoms with Crippen LogP contribution in [0.25, 0.3) is 10.9 Å². The topological polar surface area (TPSA) is 53.4 Å². The van der Waals surface area contributed by atoms with E-state index in [-0.39, 0.29) is 11.6 Å². The molecule has 0 saturated carbocycles. The zero-order chi connectivity index (χ0) is 16.7. The molecular formula is C17H20FN5O. The molecule has 0 aliphatic carbocycles. The lowest BCUT2D eigenvalue weighted by atomic mass is 10.1. The van der Waals surface area contributed by atoms with Crippen LogP contribution in [0, 0.1) is 5.82 Å². The molecule has 1 N–H and O–H groups in total. The molecule has 1 aromatic heterocycles. The number of halogens is 1. The first-order chi connectivity index (χ1) is 11.6. The van der Waals surface area contributed by atoms with Gasteiger partial charge in [0.15, 0.2) is 11.6 Å². The largest absolute Gasteiger partial charge is 0.368 e. The number of nitrogens with zero attached hydrogens (tertiary/aromatic N) is 4. The number of benzene rings is 1. The van der Waals surface area contributed by atoms with Crippen molar-refractivity contribution in [1.82, 2.24) is 15.1 Å². The molecule has 1 fully saturated rings. The van der Waals surface area contributed by atoms with E-state index in [0.717, 1.165) is 17.7 Å². The van der Waals surface area contributed by atoms with Crippen LogP contribution in [0.1, 0.15) is 12.8 Å². The molecule has 6 nitrogen and oxygen atoms in total. The minimum atomic E-state index is -0.267. The number of Topliss-reactive ketones (excluding diaryl/α,β-unsaturated/α-hetero) is 1. The number of carbonyl (C=O) groups excluding carboxylic acids is 1. The predicted molar refractivity (Wildman–Crippen MR) is 91.6 cm³/mol. The van der Waals surface area contributed by atoms with Gasteiger partial charge in [0.05, 0.1) is 12.4 Å². The fraction of sp³-hybridized carbons (Fsp3) is 0.412. The van der Waals surface area contributed by atoms with Gasteiger partial charge in [-0.25, -0.2) is 4.39 Å². The highest BCUT2D eigenvalue weighted by Crippen LogP contribution is 2.33. The second-order valence-corrected chi connectivity index (χ2v) is 6.23. The van der Waals surface area contributed by atoms with Gasteiger partial charge in [0.1, 0.15) is 11.3 Å². The molecule has 1 aromatic carbocycles. The van der Waals surface area contributed by atoms with Gasteiger partial charge >= 0.3 is 0 Å². The summed E-state index contributed by atoms with van der Waals surface area (Å²) in [6.45, 7) is 2.63. The highest BCUT2D eigenvalue weighted by atomic mass is 19.1. The molecule has 0 amide bonds. The van der Waals surface area contributed by atoms with Gasteiger partial charge in [-0.05, 0) is 12.1 Å². The second kappa shape index (κ2) is 5.90. The Balaban J connectivity index is 1.76. The van der Waals surface area contributed by atoms with Crippen LogP contribution in [0.3, 0.4) is 0 Å². The fourth-order valence-electron chi connectivity index (χ4n) is 3.40. The van der Waals surface area contributed by atoms with Crippen LogP contribution >= 0.6 is 0 Å². The van der Waals surface area contributed by atoms with Crippen LogP contribution in [0.5, 0.6) is 0 Å². The van der Waals surface area contributed by atoms with Gasteiger partial charge in [0.2, 0.25) is 0 Å². The third-order valence-corrected chi connectivity index (χ3v) is 4.67. The molecule has 24 heavy (non-hydrogen) atoms. The zero-order valence-electron chi connectivity index (χ0n) is 13.6. The number of piperidine rings is 1. The number of hydrogen-bond donors (Lipinski definition) is 1. The van der Waals surface area contributed by atoms with Crippen LogP contribution < -0.4 is 15.1 Å². The molecule has 3 heterocycles. The van der Waals surface area contributed by atoms with Gasteiger partial charge in [-0.3, -0.25) is 14.8 Å². The van der Waals surface area contributed by atoms with Gasteiger partial charge in [-0.15, -0.1) is 0 Å². The van der Waals surface area contributed by atoms with E-state index in [9.17, 15) is 4.79 Å². The SMILES string of the molecule is Cn1nc(N2C=CCNC2)c2ccc(N3CCC(=O)CC3)c(F)c21. The molecule has 126 valence electrons. The Labute approximate surface area is 139 Å². The number of rotatable bonds is 2. The lowest BCUT2D eigenvalue weighted by Crippen LogP contribution is -2.34. The lowest BCUT2D eigenvalue weighted by molar-refractivity contribution is -0.119. The Morgan fingerprint density at radius 2 is 2.04 bits per heavy atom. The van der Waals surface area contributed by atoms with Gasteiger partial charge < -0.3 is 9.80 Å². The Morgan fingerprint density at radius 1 is 1.25 bits per heavy atom. The second-order valence-electron chi connectivity index (χ2n) is 6.23. The van der Waals surface area contributed by atoms with Crippen LogP contribution in [0.15, 0.2) is 24.4 Å². The molecule has 2 aliphatic heterocycles. The van der Waals surface area contributed by atoms with Gasteiger partial charge in [-0.1, -0.05) is 6.08 Å². The number of hydrogen-bond acceptors (Lipinski definition) is 5. The fourth-order valence-corrected chi connectivity index (χ4v) is 3.40. The van der Waals surface area contributed by atoms with E-state index in [1.54, 1.807) is 17.8 Å². The molecule has 2 aromatic rings. The number of ketones is 1. The Kier molecular flexibility index (Phi) is 3.72. The molecule has 7 heteroatoms. The van der Waals surface area contributed by atoms with Crippen molar-refractivity contribution in [3.8, 4) is 0 Å². The van der Waals surface area contributed by atoms with Crippen molar-refractivity contribution in [2.75, 3.05) is 36.1 Å². The minimum Gasteiger partial charge on any atom is -0.368 e. The number of aryl methyl sites for hydroxylation is 1. The summed E-state index contributed by atoms with van der Waals surface area (Å²) < 4.78 is 16.8. The van der Waals surface area contributed by atoms with Crippen molar-refractivity contribution in [3.63, 3.8) is 0 Å². The van der Waals surface area contributed by atoms with Gasteiger partial charge in [-0.2, -0.15) is 5.10 Å². The summed E-state index contributed by atoms with van der Waals surface area (Å²) in [7, 11) is 1.76. The summed E-state index contributed by atoms with van der Waals surface area (Å²) in [5, 5.41) is 8.55. The molecule has 4 rings (SSSR count). The number of nitrogens with one attached hydrogen (secondary N) is 1. The van der Waals surface area contributed by atoms with E-state index in [0.29, 0.717) is 43.8 Å². The van der Waals surface area contributed by atoms with E-state index >= 15 is 4.39 Å². The maximum atomic E-state index is 15.2. The zero-order valence-corrected chi connectivity index (χ0v) is 13.6. The molecule has 0 radical (unpaired) electrons. The average molecular weight is 329 g/mol. The Bertz CT molecular complexity index is 818. The molecule has 0 bridgehead atoms. The molecule has 0 atom stereocenters. The van der Waals surface area contributed by atoms with Crippen LogP contribution in [0.2, 0.25) is 0 Å². The first-order valence-corrected chi connectivity index (χ1v) is 8.21. The van der Waals surface area contributed by atoms with Crippen molar-refractivity contribution in [3.05, 3.63) is 30.2 Å². The Hall–Kier alpha value is -2.41. The summed E-state index contributed by atoms with van der Waals surface area (Å²) in [5.74, 6) is 0.729. The standard InChI is InChI=1S/C17H20FN5O/c1-21-16-13(17(20-21)23-8-2-7-19-11-23)3-4-14(15(16)18)22-9-5-12(24)6-10-22/h2-4,8,19H,5-7,9-11H2,1H3. The van der Waals surface area contributed by atoms with Crippen molar-refractivity contribution < 1.29 is 9.18 Å². The maximum Gasteiger partial charge on any atom is 0.172 e. The van der Waals surface area contributed by atoms with Crippen LogP contribution in [-0.4, -0.2) is 41.9 Å². The summed E-state index contributed by atoms with van der Waals surface area (Å²) in [4.78, 5) is 15.3. The maximum absolute atomic E-state index is 15.2. The first-order valence-electron chi connectivity index (χ1n) is 8.21. The first kappa shape index (κ1) is 15.1. The third kappa shape index (κ3) is 2.45. The molecular weight excluding hydrogens is 309 g/mol. The van der Waals surface area contributed by atoms with E-state index < -0.39 is 0 Å². The van der Waals surface area contributed by atoms with Crippen LogP contribution in [0.4, 0.5) is 15.9 Å². The van der Waals surface area contributed by atoms with Crippen molar-refractivity contribution >= 4 is 28.2 Å². The monoisotopic (exact) mass is 329 g/mol. The van der Waals surface area contributed by atoms with Crippen molar-refractivity contribution in [2.24, 2.45) is 7.05 Å². The van der Waals surface area contributed by atoms with Crippen molar-refractivity contribution in [1.29, 1.82) is 0 Å². The summed E-state index contributed by atoms with van der Waals surface area (Å²) in [6.07, 6.45) is 4.95. The van der Waals surface area contributed by atoms with Crippen molar-refractivity contribution in [2.45, 2.75) is 12.8 Å². The van der Waals surface area contributed by atoms with E-state index in [1.807, 2.05) is 28.1 Å². The summed E-state index contributed by atoms with van der Waals surface area (Å²) in [5.41, 5.74) is 1.05. The number of carbonyl (C=O) groups is 1. The molecule has 2 aliphatic rings. The smallest absolute Gasteiger partial charge is 0.172 e. The van der Waals surface area contributed by atoms with Crippen LogP contribution in [-0.2, 0) is 11.8 Å². The number of aromatic nitrogens is 2. The third-order valence-electron chi connectivity index (χ3n) is 4.67. The quantitative estimate of drug-likeness (QED) is 0.910. The predicted octanol–water partition coefficient (Wildman–Crippen LogP) is 1.76. The van der Waals surface area contributed by atoms with E-state index in [2.05, 4.69) is 10.4 Å². The minimum absolute atomic E-state index is 0.250. The highest BCUT2D eigenvalue weighted by molar-refractivity contribution is 5.94. The average Bonchev–Trinajstić information content (AvgIpc) is 2.95. The summed E-state index contributed by atoms with van der Waals surface area (Å²) in [6, 6.07) is 3.73. The van der Waals surface area contributed by atoms with E-state index in [1.165, 1.54) is 0 Å².